The first kappa shape index (κ1) is 16.8. The molecule has 0 saturated heterocycles. The lowest BCUT2D eigenvalue weighted by Crippen LogP contribution is -2.61. The minimum atomic E-state index is -0.607. The Hall–Kier alpha value is -0.610. The first-order chi connectivity index (χ1) is 10.1. The number of amides is 1. The number of primary amides is 1. The molecule has 3 N–H and O–H groups in total. The maximum atomic E-state index is 12.1. The number of carbonyl (C=O) groups is 1. The quantitative estimate of drug-likeness (QED) is 0.582. The van der Waals surface area contributed by atoms with Gasteiger partial charge < -0.3 is 10.5 Å². The van der Waals surface area contributed by atoms with Gasteiger partial charge in [0.15, 0.2) is 0 Å². The van der Waals surface area contributed by atoms with Crippen molar-refractivity contribution < 1.29 is 9.53 Å². The average molecular weight is 296 g/mol. The molecule has 0 spiro atoms. The van der Waals surface area contributed by atoms with Gasteiger partial charge in [-0.05, 0) is 43.9 Å². The molecule has 2 aliphatic rings. The molecule has 0 radical (unpaired) electrons. The Morgan fingerprint density at radius 2 is 2.05 bits per heavy atom. The summed E-state index contributed by atoms with van der Waals surface area (Å²) >= 11 is 0. The third-order valence-electron chi connectivity index (χ3n) is 4.98. The van der Waals surface area contributed by atoms with Crippen molar-refractivity contribution >= 4 is 5.91 Å². The van der Waals surface area contributed by atoms with Crippen LogP contribution in [0.5, 0.6) is 0 Å². The van der Waals surface area contributed by atoms with E-state index in [0.717, 1.165) is 38.7 Å². The van der Waals surface area contributed by atoms with Crippen LogP contribution in [0.3, 0.4) is 0 Å². The Balaban J connectivity index is 1.84. The molecule has 0 aromatic carbocycles. The van der Waals surface area contributed by atoms with Crippen LogP contribution >= 0.6 is 0 Å². The summed E-state index contributed by atoms with van der Waals surface area (Å²) < 4.78 is 5.98. The summed E-state index contributed by atoms with van der Waals surface area (Å²) in [6, 6.07) is 0.476. The summed E-state index contributed by atoms with van der Waals surface area (Å²) in [6.07, 6.45) is 9.36. The van der Waals surface area contributed by atoms with Crippen molar-refractivity contribution in [2.75, 3.05) is 13.2 Å². The second-order valence-corrected chi connectivity index (χ2v) is 6.96. The lowest BCUT2D eigenvalue weighted by molar-refractivity contribution is -0.128. The molecule has 122 valence electrons. The maximum absolute atomic E-state index is 12.1. The number of hydrogen-bond acceptors (Lipinski definition) is 3. The highest BCUT2D eigenvalue weighted by Crippen LogP contribution is 2.41. The van der Waals surface area contributed by atoms with Crippen molar-refractivity contribution in [1.29, 1.82) is 0 Å². The Kier molecular flexibility index (Phi) is 6.06. The van der Waals surface area contributed by atoms with Gasteiger partial charge in [-0.2, -0.15) is 0 Å². The summed E-state index contributed by atoms with van der Waals surface area (Å²) in [5.41, 5.74) is 5.13. The van der Waals surface area contributed by atoms with E-state index in [9.17, 15) is 4.79 Å². The van der Waals surface area contributed by atoms with Crippen molar-refractivity contribution in [2.45, 2.75) is 76.8 Å². The molecular formula is C17H32N2O2. The summed E-state index contributed by atoms with van der Waals surface area (Å²) in [5, 5.41) is 3.50. The van der Waals surface area contributed by atoms with Gasteiger partial charge in [-0.15, -0.1) is 0 Å². The van der Waals surface area contributed by atoms with Crippen molar-refractivity contribution in [3.8, 4) is 0 Å². The van der Waals surface area contributed by atoms with Crippen molar-refractivity contribution in [3.05, 3.63) is 0 Å². The molecule has 2 fully saturated rings. The lowest BCUT2D eigenvalue weighted by atomic mass is 9.92. The summed E-state index contributed by atoms with van der Waals surface area (Å²) in [5.74, 6) is 0.764. The van der Waals surface area contributed by atoms with Crippen molar-refractivity contribution in [1.82, 2.24) is 5.32 Å². The van der Waals surface area contributed by atoms with Crippen LogP contribution in [-0.4, -0.2) is 30.7 Å². The lowest BCUT2D eigenvalue weighted by Gasteiger charge is -2.32. The molecule has 0 aromatic rings. The number of unbranched alkanes of at least 4 members (excludes halogenated alkanes) is 1. The van der Waals surface area contributed by atoms with E-state index < -0.39 is 5.54 Å². The van der Waals surface area contributed by atoms with Crippen LogP contribution in [0.25, 0.3) is 0 Å². The Bertz CT molecular complexity index is 340. The zero-order valence-corrected chi connectivity index (χ0v) is 13.7. The van der Waals surface area contributed by atoms with Crippen LogP contribution in [0.4, 0.5) is 0 Å². The summed E-state index contributed by atoms with van der Waals surface area (Å²) in [6.45, 7) is 5.64. The fraction of sp³-hybridized carbons (Fsp3) is 0.941. The number of nitrogens with two attached hydrogens (primary N) is 1. The van der Waals surface area contributed by atoms with E-state index in [4.69, 9.17) is 10.5 Å². The van der Waals surface area contributed by atoms with Gasteiger partial charge in [-0.1, -0.05) is 33.1 Å². The third kappa shape index (κ3) is 4.68. The number of ether oxygens (including phenoxy) is 1. The number of hydrogen-bond donors (Lipinski definition) is 2. The van der Waals surface area contributed by atoms with Gasteiger partial charge in [0.1, 0.15) is 5.54 Å². The molecule has 1 amide bonds. The van der Waals surface area contributed by atoms with Crippen molar-refractivity contribution in [2.24, 2.45) is 17.6 Å². The van der Waals surface area contributed by atoms with Gasteiger partial charge in [0.25, 0.3) is 0 Å². The second kappa shape index (κ2) is 7.59. The van der Waals surface area contributed by atoms with Gasteiger partial charge in [-0.25, -0.2) is 0 Å². The van der Waals surface area contributed by atoms with E-state index in [1.54, 1.807) is 0 Å². The summed E-state index contributed by atoms with van der Waals surface area (Å²) in [4.78, 5) is 12.1. The molecule has 2 unspecified atom stereocenters. The predicted octanol–water partition coefficient (Wildman–Crippen LogP) is 2.61. The van der Waals surface area contributed by atoms with E-state index in [2.05, 4.69) is 19.2 Å². The number of nitrogens with one attached hydrogen (secondary N) is 1. The first-order valence-electron chi connectivity index (χ1n) is 8.77. The average Bonchev–Trinajstić information content (AvgIpc) is 3.34. The van der Waals surface area contributed by atoms with Crippen LogP contribution < -0.4 is 11.1 Å². The largest absolute Gasteiger partial charge is 0.379 e. The summed E-state index contributed by atoms with van der Waals surface area (Å²) in [7, 11) is 0. The highest BCUT2D eigenvalue weighted by molar-refractivity contribution is 5.86. The Morgan fingerprint density at radius 1 is 1.33 bits per heavy atom. The monoisotopic (exact) mass is 296 g/mol. The Morgan fingerprint density at radius 3 is 2.52 bits per heavy atom. The second-order valence-electron chi connectivity index (χ2n) is 6.96. The molecule has 21 heavy (non-hydrogen) atoms. The van der Waals surface area contributed by atoms with Gasteiger partial charge in [-0.3, -0.25) is 10.1 Å². The molecule has 2 atom stereocenters. The van der Waals surface area contributed by atoms with E-state index in [0.29, 0.717) is 24.5 Å². The SMILES string of the molecule is CCCCC(CC)COCC(NC1CC1)(C(N)=O)C1CC1. The normalized spacial score (nSPS) is 22.8. The number of carbonyl (C=O) groups excluding carboxylic acids is 1. The van der Waals surface area contributed by atoms with Gasteiger partial charge in [0.05, 0.1) is 6.61 Å². The van der Waals surface area contributed by atoms with E-state index in [1.165, 1.54) is 19.3 Å². The zero-order valence-electron chi connectivity index (χ0n) is 13.7. The standard InChI is InChI=1S/C17H32N2O2/c1-3-5-6-13(4-2)11-21-12-17(16(18)20,14-7-8-14)19-15-9-10-15/h13-15,19H,3-12H2,1-2H3,(H2,18,20). The Labute approximate surface area is 129 Å². The van der Waals surface area contributed by atoms with E-state index in [1.807, 2.05) is 0 Å². The zero-order chi connectivity index (χ0) is 15.3. The van der Waals surface area contributed by atoms with Gasteiger partial charge in [0, 0.05) is 12.6 Å². The molecule has 0 bridgehead atoms. The minimum absolute atomic E-state index is 0.224. The van der Waals surface area contributed by atoms with Crippen LogP contribution in [0, 0.1) is 11.8 Å². The van der Waals surface area contributed by atoms with Gasteiger partial charge in [0.2, 0.25) is 5.91 Å². The van der Waals surface area contributed by atoms with Crippen LogP contribution in [0.2, 0.25) is 0 Å². The molecule has 4 nitrogen and oxygen atoms in total. The highest BCUT2D eigenvalue weighted by atomic mass is 16.5. The highest BCUT2D eigenvalue weighted by Gasteiger charge is 2.52. The molecule has 0 heterocycles. The van der Waals surface area contributed by atoms with E-state index >= 15 is 0 Å². The molecule has 2 saturated carbocycles. The first-order valence-corrected chi connectivity index (χ1v) is 8.77. The molecule has 2 rings (SSSR count). The molecule has 0 aromatic heterocycles. The third-order valence-corrected chi connectivity index (χ3v) is 4.98. The smallest absolute Gasteiger partial charge is 0.240 e. The number of rotatable bonds is 12. The molecule has 2 aliphatic carbocycles. The van der Waals surface area contributed by atoms with Gasteiger partial charge >= 0.3 is 0 Å². The molecule has 0 aliphatic heterocycles. The fourth-order valence-electron chi connectivity index (χ4n) is 3.07. The van der Waals surface area contributed by atoms with Crippen LogP contribution in [0.1, 0.15) is 65.2 Å². The molecular weight excluding hydrogens is 264 g/mol. The minimum Gasteiger partial charge on any atom is -0.379 e. The topological polar surface area (TPSA) is 64.3 Å². The molecule has 4 heteroatoms. The fourth-order valence-corrected chi connectivity index (χ4v) is 3.07. The maximum Gasteiger partial charge on any atom is 0.240 e. The predicted molar refractivity (Wildman–Crippen MR) is 84.9 cm³/mol. The van der Waals surface area contributed by atoms with E-state index in [-0.39, 0.29) is 5.91 Å². The van der Waals surface area contributed by atoms with Crippen LogP contribution in [0.15, 0.2) is 0 Å². The van der Waals surface area contributed by atoms with Crippen LogP contribution in [-0.2, 0) is 9.53 Å². The van der Waals surface area contributed by atoms with Crippen molar-refractivity contribution in [3.63, 3.8) is 0 Å².